The van der Waals surface area contributed by atoms with Crippen LogP contribution in [-0.2, 0) is 16.6 Å². The van der Waals surface area contributed by atoms with Crippen molar-refractivity contribution in [3.63, 3.8) is 0 Å². The van der Waals surface area contributed by atoms with Gasteiger partial charge in [0.2, 0.25) is 0 Å². The molecule has 4 aromatic rings. The summed E-state index contributed by atoms with van der Waals surface area (Å²) in [5.74, 6) is 0.693. The van der Waals surface area contributed by atoms with Crippen LogP contribution in [0.25, 0.3) is 11.0 Å². The number of ether oxygens (including phenoxy) is 2. The normalized spacial score (nSPS) is 12.9. The molecule has 5 rings (SSSR count). The van der Waals surface area contributed by atoms with E-state index in [1.54, 1.807) is 36.7 Å². The number of sulfonamides is 1. The Labute approximate surface area is 202 Å². The molecule has 1 aliphatic heterocycles. The van der Waals surface area contributed by atoms with E-state index in [9.17, 15) is 13.2 Å². The first-order valence-electron chi connectivity index (χ1n) is 11.2. The van der Waals surface area contributed by atoms with Gasteiger partial charge in [0.05, 0.1) is 22.3 Å². The molecule has 0 spiro atoms. The van der Waals surface area contributed by atoms with Crippen LogP contribution in [0, 0.1) is 0 Å². The van der Waals surface area contributed by atoms with Crippen LogP contribution in [0.3, 0.4) is 0 Å². The van der Waals surface area contributed by atoms with Gasteiger partial charge in [-0.3, -0.25) is 9.52 Å². The molecule has 0 atom stereocenters. The molecule has 2 heterocycles. The van der Waals surface area contributed by atoms with E-state index in [1.807, 2.05) is 24.3 Å². The fourth-order valence-corrected chi connectivity index (χ4v) is 4.91. The smallest absolute Gasteiger partial charge is 0.262 e. The van der Waals surface area contributed by atoms with E-state index in [0.717, 1.165) is 24.0 Å². The highest BCUT2D eigenvalue weighted by atomic mass is 32.2. The molecule has 35 heavy (non-hydrogen) atoms. The van der Waals surface area contributed by atoms with Crippen LogP contribution in [0.5, 0.6) is 11.5 Å². The molecule has 3 aromatic carbocycles. The molecule has 0 unspecified atom stereocenters. The molecule has 1 aliphatic rings. The maximum Gasteiger partial charge on any atom is 0.262 e. The molecule has 10 heteroatoms. The van der Waals surface area contributed by atoms with E-state index in [1.165, 1.54) is 12.1 Å². The van der Waals surface area contributed by atoms with Gasteiger partial charge in [-0.2, -0.15) is 0 Å². The monoisotopic (exact) mass is 492 g/mol. The minimum Gasteiger partial charge on any atom is -0.486 e. The second-order valence-corrected chi connectivity index (χ2v) is 9.71. The number of rotatable bonds is 8. The van der Waals surface area contributed by atoms with Crippen molar-refractivity contribution < 1.29 is 22.7 Å². The Balaban J connectivity index is 1.15. The molecule has 2 N–H and O–H groups in total. The molecule has 1 amide bonds. The van der Waals surface area contributed by atoms with Gasteiger partial charge >= 0.3 is 0 Å². The van der Waals surface area contributed by atoms with Gasteiger partial charge in [-0.1, -0.05) is 12.1 Å². The number of aryl methyl sites for hydroxylation is 1. The highest BCUT2D eigenvalue weighted by molar-refractivity contribution is 7.92. The number of hydrogen-bond donors (Lipinski definition) is 2. The molecule has 0 bridgehead atoms. The first-order valence-corrected chi connectivity index (χ1v) is 12.7. The van der Waals surface area contributed by atoms with E-state index < -0.39 is 10.0 Å². The van der Waals surface area contributed by atoms with Crippen LogP contribution in [0.15, 0.2) is 78.0 Å². The zero-order valence-corrected chi connectivity index (χ0v) is 19.6. The fraction of sp³-hybridized carbons (Fsp3) is 0.200. The Kier molecular flexibility index (Phi) is 6.28. The lowest BCUT2D eigenvalue weighted by Gasteiger charge is -2.19. The molecule has 0 aliphatic carbocycles. The number of para-hydroxylation sites is 2. The summed E-state index contributed by atoms with van der Waals surface area (Å²) >= 11 is 0. The average Bonchev–Trinajstić information content (AvgIpc) is 3.29. The summed E-state index contributed by atoms with van der Waals surface area (Å²) in [5.41, 5.74) is 2.80. The Hall–Kier alpha value is -4.05. The van der Waals surface area contributed by atoms with Gasteiger partial charge in [0.15, 0.2) is 11.5 Å². The Morgan fingerprint density at radius 2 is 1.74 bits per heavy atom. The topological polar surface area (TPSA) is 112 Å². The summed E-state index contributed by atoms with van der Waals surface area (Å²) in [7, 11) is -3.83. The molecular formula is C25H24N4O5S. The summed E-state index contributed by atoms with van der Waals surface area (Å²) in [4.78, 5) is 16.9. The Bertz CT molecular complexity index is 1470. The molecular weight excluding hydrogens is 468 g/mol. The number of hydrogen-bond acceptors (Lipinski definition) is 6. The lowest BCUT2D eigenvalue weighted by atomic mass is 10.2. The largest absolute Gasteiger partial charge is 0.486 e. The maximum atomic E-state index is 12.8. The minimum absolute atomic E-state index is 0.0641. The quantitative estimate of drug-likeness (QED) is 0.365. The molecule has 1 aromatic heterocycles. The van der Waals surface area contributed by atoms with Crippen molar-refractivity contribution in [2.24, 2.45) is 0 Å². The Morgan fingerprint density at radius 1 is 0.971 bits per heavy atom. The van der Waals surface area contributed by atoms with E-state index in [2.05, 4.69) is 19.6 Å². The molecule has 0 saturated heterocycles. The third-order valence-corrected chi connectivity index (χ3v) is 6.99. The summed E-state index contributed by atoms with van der Waals surface area (Å²) < 4.78 is 41.0. The van der Waals surface area contributed by atoms with Gasteiger partial charge in [-0.25, -0.2) is 13.4 Å². The zero-order valence-electron chi connectivity index (χ0n) is 18.8. The van der Waals surface area contributed by atoms with Crippen LogP contribution in [0.4, 0.5) is 5.69 Å². The molecule has 0 saturated carbocycles. The van der Waals surface area contributed by atoms with Gasteiger partial charge in [-0.15, -0.1) is 0 Å². The highest BCUT2D eigenvalue weighted by Gasteiger charge is 2.19. The highest BCUT2D eigenvalue weighted by Crippen LogP contribution is 2.32. The third-order valence-electron chi connectivity index (χ3n) is 5.61. The lowest BCUT2D eigenvalue weighted by molar-refractivity contribution is 0.0953. The van der Waals surface area contributed by atoms with Crippen LogP contribution < -0.4 is 19.5 Å². The molecule has 9 nitrogen and oxygen atoms in total. The van der Waals surface area contributed by atoms with Crippen LogP contribution >= 0.6 is 0 Å². The predicted molar refractivity (Wildman–Crippen MR) is 131 cm³/mol. The number of imidazole rings is 1. The van der Waals surface area contributed by atoms with Crippen molar-refractivity contribution in [2.75, 3.05) is 24.5 Å². The van der Waals surface area contributed by atoms with Crippen LogP contribution in [-0.4, -0.2) is 43.6 Å². The van der Waals surface area contributed by atoms with E-state index in [-0.39, 0.29) is 10.8 Å². The SMILES string of the molecule is O=C(NCCCn1cnc2ccccc21)c1ccc(NS(=O)(=O)c2ccc3c(c2)OCCO3)cc1. The number of carbonyl (C=O) groups is 1. The van der Waals surface area contributed by atoms with Gasteiger partial charge in [-0.05, 0) is 55.0 Å². The summed E-state index contributed by atoms with van der Waals surface area (Å²) in [5, 5.41) is 2.89. The molecule has 0 fully saturated rings. The third kappa shape index (κ3) is 5.07. The first-order chi connectivity index (χ1) is 17.0. The maximum absolute atomic E-state index is 12.8. The van der Waals surface area contributed by atoms with Crippen molar-refractivity contribution in [2.45, 2.75) is 17.9 Å². The number of nitrogens with one attached hydrogen (secondary N) is 2. The zero-order chi connectivity index (χ0) is 24.3. The fourth-order valence-electron chi connectivity index (χ4n) is 3.84. The standard InChI is InChI=1S/C25H24N4O5S/c30-25(26-12-3-13-29-17-27-21-4-1-2-5-22(21)29)18-6-8-19(9-7-18)28-35(31,32)20-10-11-23-24(16-20)34-15-14-33-23/h1-2,4-11,16-17,28H,3,12-15H2,(H,26,30). The van der Waals surface area contributed by atoms with Gasteiger partial charge in [0.1, 0.15) is 13.2 Å². The van der Waals surface area contributed by atoms with Crippen molar-refractivity contribution >= 4 is 32.7 Å². The van der Waals surface area contributed by atoms with E-state index in [0.29, 0.717) is 42.5 Å². The van der Waals surface area contributed by atoms with Crippen molar-refractivity contribution in [3.8, 4) is 11.5 Å². The second kappa shape index (κ2) is 9.67. The van der Waals surface area contributed by atoms with E-state index >= 15 is 0 Å². The van der Waals surface area contributed by atoms with Crippen molar-refractivity contribution in [1.29, 1.82) is 0 Å². The van der Waals surface area contributed by atoms with Crippen LogP contribution in [0.2, 0.25) is 0 Å². The number of anilines is 1. The van der Waals surface area contributed by atoms with E-state index in [4.69, 9.17) is 9.47 Å². The van der Waals surface area contributed by atoms with Crippen molar-refractivity contribution in [1.82, 2.24) is 14.9 Å². The Morgan fingerprint density at radius 3 is 2.57 bits per heavy atom. The number of nitrogens with zero attached hydrogens (tertiary/aromatic N) is 2. The van der Waals surface area contributed by atoms with Crippen LogP contribution in [0.1, 0.15) is 16.8 Å². The number of aromatic nitrogens is 2. The number of fused-ring (bicyclic) bond motifs is 2. The molecule has 180 valence electrons. The predicted octanol–water partition coefficient (Wildman–Crippen LogP) is 3.43. The summed E-state index contributed by atoms with van der Waals surface area (Å²) in [6.45, 7) is 2.04. The molecule has 0 radical (unpaired) electrons. The number of benzene rings is 3. The van der Waals surface area contributed by atoms with Gasteiger partial charge < -0.3 is 19.4 Å². The first kappa shape index (κ1) is 22.7. The van der Waals surface area contributed by atoms with Gasteiger partial charge in [0, 0.05) is 30.4 Å². The summed E-state index contributed by atoms with van der Waals surface area (Å²) in [6, 6.07) is 18.7. The minimum atomic E-state index is -3.83. The second-order valence-electron chi connectivity index (χ2n) is 8.02. The van der Waals surface area contributed by atoms with Crippen molar-refractivity contribution in [3.05, 3.63) is 78.6 Å². The number of carbonyl (C=O) groups excluding carboxylic acids is 1. The lowest BCUT2D eigenvalue weighted by Crippen LogP contribution is -2.25. The average molecular weight is 493 g/mol. The summed E-state index contributed by atoms with van der Waals surface area (Å²) in [6.07, 6.45) is 2.55. The van der Waals surface area contributed by atoms with Gasteiger partial charge in [0.25, 0.3) is 15.9 Å². The number of amides is 1.